The molecule has 1 fully saturated rings. The molecule has 1 amide bonds. The smallest absolute Gasteiger partial charge is 0.237 e. The molecule has 168 valence electrons. The maximum absolute atomic E-state index is 12.8. The molecule has 32 heavy (non-hydrogen) atoms. The lowest BCUT2D eigenvalue weighted by Gasteiger charge is -2.37. The minimum atomic E-state index is -0.418. The Morgan fingerprint density at radius 1 is 1.25 bits per heavy atom. The van der Waals surface area contributed by atoms with E-state index < -0.39 is 5.25 Å². The van der Waals surface area contributed by atoms with E-state index >= 15 is 0 Å². The summed E-state index contributed by atoms with van der Waals surface area (Å²) in [7, 11) is 0. The van der Waals surface area contributed by atoms with Crippen molar-refractivity contribution in [2.24, 2.45) is 0 Å². The van der Waals surface area contributed by atoms with E-state index in [1.54, 1.807) is 0 Å². The summed E-state index contributed by atoms with van der Waals surface area (Å²) >= 11 is 1.33. The molecule has 2 aliphatic heterocycles. The number of fused-ring (bicyclic) bond motifs is 1. The number of nitrogens with one attached hydrogen (secondary N) is 1. The summed E-state index contributed by atoms with van der Waals surface area (Å²) in [5.74, 6) is 0.720. The van der Waals surface area contributed by atoms with E-state index in [4.69, 9.17) is 14.5 Å². The number of para-hydroxylation sites is 1. The molecule has 3 heterocycles. The topological polar surface area (TPSA) is 87.5 Å². The third-order valence-corrected chi connectivity index (χ3v) is 6.77. The van der Waals surface area contributed by atoms with E-state index in [2.05, 4.69) is 16.3 Å². The van der Waals surface area contributed by atoms with Gasteiger partial charge in [0.2, 0.25) is 5.91 Å². The zero-order valence-electron chi connectivity index (χ0n) is 18.7. The van der Waals surface area contributed by atoms with E-state index in [-0.39, 0.29) is 11.5 Å². The fraction of sp³-hybridized carbons (Fsp3) is 0.458. The molecule has 0 unspecified atom stereocenters. The van der Waals surface area contributed by atoms with Crippen molar-refractivity contribution in [3.63, 3.8) is 0 Å². The lowest BCUT2D eigenvalue weighted by atomic mass is 9.89. The molecule has 1 atom stereocenters. The molecule has 1 N–H and O–H groups in total. The Bertz CT molecular complexity index is 1030. The number of hydrogen-bond donors (Lipinski definition) is 1. The molecule has 0 aliphatic carbocycles. The number of carbonyl (C=O) groups is 1. The zero-order chi connectivity index (χ0) is 22.7. The molecule has 2 aliphatic rings. The average molecular weight is 453 g/mol. The highest BCUT2D eigenvalue weighted by Crippen LogP contribution is 2.39. The molecule has 1 saturated heterocycles. The predicted octanol–water partition coefficient (Wildman–Crippen LogP) is 3.76. The second kappa shape index (κ2) is 9.49. The van der Waals surface area contributed by atoms with E-state index in [0.29, 0.717) is 36.8 Å². The van der Waals surface area contributed by atoms with Crippen molar-refractivity contribution in [3.05, 3.63) is 47.0 Å². The van der Waals surface area contributed by atoms with Gasteiger partial charge < -0.3 is 19.7 Å². The largest absolute Gasteiger partial charge is 0.378 e. The predicted molar refractivity (Wildman–Crippen MR) is 125 cm³/mol. The van der Waals surface area contributed by atoms with E-state index in [1.165, 1.54) is 11.8 Å². The van der Waals surface area contributed by atoms with Crippen LogP contribution < -0.4 is 10.2 Å². The van der Waals surface area contributed by atoms with E-state index in [9.17, 15) is 10.1 Å². The molecule has 1 aromatic carbocycles. The Balaban J connectivity index is 1.67. The number of carbonyl (C=O) groups excluding carboxylic acids is 1. The summed E-state index contributed by atoms with van der Waals surface area (Å²) in [5.41, 5.74) is 2.90. The minimum absolute atomic E-state index is 0.124. The number of aromatic nitrogens is 1. The molecule has 0 saturated carbocycles. The van der Waals surface area contributed by atoms with Gasteiger partial charge in [-0.05, 0) is 38.5 Å². The number of hydrogen-bond acceptors (Lipinski definition) is 7. The van der Waals surface area contributed by atoms with Crippen molar-refractivity contribution in [2.75, 3.05) is 36.5 Å². The lowest BCUT2D eigenvalue weighted by molar-refractivity contribution is -0.115. The second-order valence-electron chi connectivity index (χ2n) is 8.62. The molecular formula is C24H28N4O3S. The van der Waals surface area contributed by atoms with Crippen LogP contribution in [0.3, 0.4) is 0 Å². The summed E-state index contributed by atoms with van der Waals surface area (Å²) in [6.07, 6.45) is 0.628. The van der Waals surface area contributed by atoms with Gasteiger partial charge >= 0.3 is 0 Å². The van der Waals surface area contributed by atoms with Crippen molar-refractivity contribution in [3.8, 4) is 6.07 Å². The quantitative estimate of drug-likeness (QED) is 0.691. The standard InChI is InChI=1S/C24H28N4O3S/c1-16(22(29)26-17-7-5-4-6-8-17)32-23-19(14-25)18-13-24(2,3)31-15-20(18)21(27-23)28-9-11-30-12-10-28/h4-8,16H,9-13,15H2,1-3H3,(H,26,29)/t16-/m1/s1. The summed E-state index contributed by atoms with van der Waals surface area (Å²) in [4.78, 5) is 19.9. The minimum Gasteiger partial charge on any atom is -0.378 e. The van der Waals surface area contributed by atoms with Crippen LogP contribution in [-0.4, -0.2) is 48.0 Å². The number of thioether (sulfide) groups is 1. The number of rotatable bonds is 5. The maximum Gasteiger partial charge on any atom is 0.237 e. The number of ether oxygens (including phenoxy) is 2. The molecule has 2 aromatic rings. The number of benzene rings is 1. The van der Waals surface area contributed by atoms with Crippen LogP contribution in [-0.2, 0) is 27.3 Å². The number of anilines is 2. The van der Waals surface area contributed by atoms with E-state index in [0.717, 1.165) is 35.7 Å². The monoisotopic (exact) mass is 452 g/mol. The van der Waals surface area contributed by atoms with Gasteiger partial charge in [-0.3, -0.25) is 4.79 Å². The summed E-state index contributed by atoms with van der Waals surface area (Å²) in [5, 5.41) is 13.2. The summed E-state index contributed by atoms with van der Waals surface area (Å²) < 4.78 is 11.6. The van der Waals surface area contributed by atoms with Gasteiger partial charge in [-0.25, -0.2) is 4.98 Å². The van der Waals surface area contributed by atoms with Gasteiger partial charge in [-0.15, -0.1) is 0 Å². The number of nitriles is 1. The number of nitrogens with zero attached hydrogens (tertiary/aromatic N) is 3. The van der Waals surface area contributed by atoms with Crippen LogP contribution in [0.4, 0.5) is 11.5 Å². The first-order valence-electron chi connectivity index (χ1n) is 10.8. The Morgan fingerprint density at radius 2 is 1.97 bits per heavy atom. The van der Waals surface area contributed by atoms with Gasteiger partial charge in [-0.2, -0.15) is 5.26 Å². The van der Waals surface area contributed by atoms with Crippen molar-refractivity contribution >= 4 is 29.2 Å². The number of pyridine rings is 1. The van der Waals surface area contributed by atoms with Gasteiger partial charge in [0.15, 0.2) is 0 Å². The maximum atomic E-state index is 12.8. The Morgan fingerprint density at radius 3 is 2.66 bits per heavy atom. The van der Waals surface area contributed by atoms with Crippen LogP contribution in [0, 0.1) is 11.3 Å². The average Bonchev–Trinajstić information content (AvgIpc) is 2.79. The SMILES string of the molecule is C[C@@H](Sc1nc(N2CCOCC2)c2c(c1C#N)CC(C)(C)OC2)C(=O)Nc1ccccc1. The van der Waals surface area contributed by atoms with Crippen molar-refractivity contribution < 1.29 is 14.3 Å². The first-order chi connectivity index (χ1) is 15.4. The highest BCUT2D eigenvalue weighted by molar-refractivity contribution is 8.00. The summed E-state index contributed by atoms with van der Waals surface area (Å²) in [6.45, 7) is 9.09. The van der Waals surface area contributed by atoms with Crippen molar-refractivity contribution in [1.82, 2.24) is 4.98 Å². The van der Waals surface area contributed by atoms with Crippen LogP contribution in [0.5, 0.6) is 0 Å². The molecule has 4 rings (SSSR count). The van der Waals surface area contributed by atoms with Gasteiger partial charge in [-0.1, -0.05) is 30.0 Å². The van der Waals surface area contributed by atoms with Crippen LogP contribution in [0.25, 0.3) is 0 Å². The zero-order valence-corrected chi connectivity index (χ0v) is 19.5. The van der Waals surface area contributed by atoms with Crippen LogP contribution in [0.2, 0.25) is 0 Å². The summed E-state index contributed by atoms with van der Waals surface area (Å²) in [6, 6.07) is 11.7. The normalized spacial score (nSPS) is 18.4. The van der Waals surface area contributed by atoms with Crippen molar-refractivity contribution in [2.45, 2.75) is 49.7 Å². The molecule has 0 spiro atoms. The second-order valence-corrected chi connectivity index (χ2v) is 9.95. The first-order valence-corrected chi connectivity index (χ1v) is 11.7. The fourth-order valence-corrected chi connectivity index (χ4v) is 4.88. The number of amides is 1. The van der Waals surface area contributed by atoms with Crippen LogP contribution >= 0.6 is 11.8 Å². The Labute approximate surface area is 193 Å². The van der Waals surface area contributed by atoms with Gasteiger partial charge in [0.25, 0.3) is 0 Å². The van der Waals surface area contributed by atoms with Gasteiger partial charge in [0, 0.05) is 30.8 Å². The fourth-order valence-electron chi connectivity index (χ4n) is 3.95. The molecule has 1 aromatic heterocycles. The highest BCUT2D eigenvalue weighted by atomic mass is 32.2. The van der Waals surface area contributed by atoms with Crippen LogP contribution in [0.15, 0.2) is 35.4 Å². The molecule has 0 bridgehead atoms. The Kier molecular flexibility index (Phi) is 6.70. The van der Waals surface area contributed by atoms with Crippen molar-refractivity contribution in [1.29, 1.82) is 5.26 Å². The van der Waals surface area contributed by atoms with E-state index in [1.807, 2.05) is 51.1 Å². The number of morpholine rings is 1. The molecule has 8 heteroatoms. The molecule has 0 radical (unpaired) electrons. The third kappa shape index (κ3) is 4.90. The lowest BCUT2D eigenvalue weighted by Crippen LogP contribution is -2.40. The molecular weight excluding hydrogens is 424 g/mol. The van der Waals surface area contributed by atoms with Crippen LogP contribution in [0.1, 0.15) is 37.5 Å². The third-order valence-electron chi connectivity index (χ3n) is 5.69. The highest BCUT2D eigenvalue weighted by Gasteiger charge is 2.34. The van der Waals surface area contributed by atoms with Gasteiger partial charge in [0.1, 0.15) is 16.9 Å². The van der Waals surface area contributed by atoms with Gasteiger partial charge in [0.05, 0.1) is 36.2 Å². The Hall–Kier alpha value is -2.60. The molecule has 7 nitrogen and oxygen atoms in total. The first kappa shape index (κ1) is 22.6.